The summed E-state index contributed by atoms with van der Waals surface area (Å²) in [6.45, 7) is 6.68. The summed E-state index contributed by atoms with van der Waals surface area (Å²) in [4.78, 5) is 11.2. The molecule has 0 bridgehead atoms. The van der Waals surface area contributed by atoms with Gasteiger partial charge in [0.05, 0.1) is 0 Å². The lowest BCUT2D eigenvalue weighted by Gasteiger charge is -2.08. The minimum absolute atomic E-state index is 0.0876. The second kappa shape index (κ2) is 8.53. The van der Waals surface area contributed by atoms with Crippen molar-refractivity contribution in [2.45, 2.75) is 20.3 Å². The van der Waals surface area contributed by atoms with Gasteiger partial charge in [0.15, 0.2) is 0 Å². The van der Waals surface area contributed by atoms with Crippen LogP contribution in [0, 0.1) is 6.92 Å². The Labute approximate surface area is 109 Å². The van der Waals surface area contributed by atoms with E-state index in [9.17, 15) is 4.79 Å². The molecule has 0 saturated carbocycles. The van der Waals surface area contributed by atoms with Gasteiger partial charge in [-0.15, -0.1) is 0 Å². The van der Waals surface area contributed by atoms with Gasteiger partial charge in [0, 0.05) is 26.1 Å². The summed E-state index contributed by atoms with van der Waals surface area (Å²) in [5.74, 6) is 0.977. The topological polar surface area (TPSA) is 50.4 Å². The third-order valence-electron chi connectivity index (χ3n) is 2.44. The van der Waals surface area contributed by atoms with Crippen LogP contribution in [0.5, 0.6) is 5.75 Å². The SMILES string of the molecule is CCNC(=O)CCNCCOc1cccc(C)c1. The summed E-state index contributed by atoms with van der Waals surface area (Å²) >= 11 is 0. The zero-order valence-electron chi connectivity index (χ0n) is 11.2. The molecule has 0 radical (unpaired) electrons. The Morgan fingerprint density at radius 3 is 2.89 bits per heavy atom. The third kappa shape index (κ3) is 6.25. The van der Waals surface area contributed by atoms with Gasteiger partial charge in [0.2, 0.25) is 5.91 Å². The Morgan fingerprint density at radius 1 is 1.33 bits per heavy atom. The van der Waals surface area contributed by atoms with Gasteiger partial charge in [-0.3, -0.25) is 4.79 Å². The van der Waals surface area contributed by atoms with Crippen molar-refractivity contribution in [3.8, 4) is 5.75 Å². The van der Waals surface area contributed by atoms with E-state index in [1.165, 1.54) is 5.56 Å². The maximum Gasteiger partial charge on any atom is 0.221 e. The average molecular weight is 250 g/mol. The number of benzene rings is 1. The van der Waals surface area contributed by atoms with Crippen molar-refractivity contribution in [2.75, 3.05) is 26.2 Å². The lowest BCUT2D eigenvalue weighted by molar-refractivity contribution is -0.120. The predicted octanol–water partition coefficient (Wildman–Crippen LogP) is 1.49. The molecule has 100 valence electrons. The van der Waals surface area contributed by atoms with Crippen LogP contribution in [0.25, 0.3) is 0 Å². The summed E-state index contributed by atoms with van der Waals surface area (Å²) in [5, 5.41) is 5.93. The maximum absolute atomic E-state index is 11.2. The number of nitrogens with one attached hydrogen (secondary N) is 2. The van der Waals surface area contributed by atoms with Crippen molar-refractivity contribution >= 4 is 5.91 Å². The van der Waals surface area contributed by atoms with E-state index in [2.05, 4.69) is 10.6 Å². The lowest BCUT2D eigenvalue weighted by Crippen LogP contribution is -2.29. The monoisotopic (exact) mass is 250 g/mol. The van der Waals surface area contributed by atoms with Crippen LogP contribution in [0.3, 0.4) is 0 Å². The molecular formula is C14H22N2O2. The molecule has 0 aliphatic heterocycles. The number of ether oxygens (including phenoxy) is 1. The first-order valence-corrected chi connectivity index (χ1v) is 6.39. The van der Waals surface area contributed by atoms with E-state index in [0.717, 1.165) is 12.3 Å². The number of carbonyl (C=O) groups is 1. The van der Waals surface area contributed by atoms with Crippen molar-refractivity contribution in [3.05, 3.63) is 29.8 Å². The smallest absolute Gasteiger partial charge is 0.221 e. The van der Waals surface area contributed by atoms with E-state index in [-0.39, 0.29) is 5.91 Å². The van der Waals surface area contributed by atoms with Crippen LogP contribution in [0.4, 0.5) is 0 Å². The number of aryl methyl sites for hydroxylation is 1. The van der Waals surface area contributed by atoms with Crippen molar-refractivity contribution in [3.63, 3.8) is 0 Å². The van der Waals surface area contributed by atoms with E-state index in [0.29, 0.717) is 26.1 Å². The highest BCUT2D eigenvalue weighted by Crippen LogP contribution is 2.11. The van der Waals surface area contributed by atoms with E-state index in [4.69, 9.17) is 4.74 Å². The minimum Gasteiger partial charge on any atom is -0.492 e. The summed E-state index contributed by atoms with van der Waals surface area (Å²) in [6.07, 6.45) is 0.512. The Hall–Kier alpha value is -1.55. The van der Waals surface area contributed by atoms with Gasteiger partial charge >= 0.3 is 0 Å². The molecule has 2 N–H and O–H groups in total. The van der Waals surface area contributed by atoms with Crippen LogP contribution < -0.4 is 15.4 Å². The average Bonchev–Trinajstić information content (AvgIpc) is 2.34. The van der Waals surface area contributed by atoms with Gasteiger partial charge in [-0.1, -0.05) is 12.1 Å². The molecule has 4 heteroatoms. The van der Waals surface area contributed by atoms with E-state index in [1.807, 2.05) is 38.1 Å². The van der Waals surface area contributed by atoms with Crippen LogP contribution in [-0.2, 0) is 4.79 Å². The summed E-state index contributed by atoms with van der Waals surface area (Å²) in [7, 11) is 0. The minimum atomic E-state index is 0.0876. The molecule has 0 spiro atoms. The van der Waals surface area contributed by atoms with Crippen LogP contribution in [0.15, 0.2) is 24.3 Å². The fourth-order valence-corrected chi connectivity index (χ4v) is 1.56. The Balaban J connectivity index is 2.04. The molecule has 1 aromatic rings. The lowest BCUT2D eigenvalue weighted by atomic mass is 10.2. The van der Waals surface area contributed by atoms with Crippen molar-refractivity contribution < 1.29 is 9.53 Å². The van der Waals surface area contributed by atoms with Gasteiger partial charge in [-0.25, -0.2) is 0 Å². The molecule has 0 fully saturated rings. The number of hydrogen-bond acceptors (Lipinski definition) is 3. The highest BCUT2D eigenvalue weighted by molar-refractivity contribution is 5.75. The normalized spacial score (nSPS) is 10.1. The van der Waals surface area contributed by atoms with Crippen LogP contribution in [0.2, 0.25) is 0 Å². The van der Waals surface area contributed by atoms with Gasteiger partial charge in [-0.2, -0.15) is 0 Å². The zero-order valence-corrected chi connectivity index (χ0v) is 11.2. The molecule has 1 amide bonds. The molecule has 1 rings (SSSR count). The van der Waals surface area contributed by atoms with E-state index >= 15 is 0 Å². The van der Waals surface area contributed by atoms with E-state index in [1.54, 1.807) is 0 Å². The highest BCUT2D eigenvalue weighted by Gasteiger charge is 1.98. The molecule has 4 nitrogen and oxygen atoms in total. The van der Waals surface area contributed by atoms with Gasteiger partial charge in [0.1, 0.15) is 12.4 Å². The van der Waals surface area contributed by atoms with Crippen LogP contribution in [-0.4, -0.2) is 32.1 Å². The summed E-state index contributed by atoms with van der Waals surface area (Å²) < 4.78 is 5.58. The zero-order chi connectivity index (χ0) is 13.2. The molecule has 0 atom stereocenters. The van der Waals surface area contributed by atoms with Crippen LogP contribution >= 0.6 is 0 Å². The molecule has 0 saturated heterocycles. The van der Waals surface area contributed by atoms with Crippen molar-refractivity contribution in [1.29, 1.82) is 0 Å². The summed E-state index contributed by atoms with van der Waals surface area (Å²) in [6, 6.07) is 7.97. The second-order valence-corrected chi connectivity index (χ2v) is 4.12. The fraction of sp³-hybridized carbons (Fsp3) is 0.500. The largest absolute Gasteiger partial charge is 0.492 e. The standard InChI is InChI=1S/C14H22N2O2/c1-3-16-14(17)7-8-15-9-10-18-13-6-4-5-12(2)11-13/h4-6,11,15H,3,7-10H2,1-2H3,(H,16,17). The second-order valence-electron chi connectivity index (χ2n) is 4.12. The van der Waals surface area contributed by atoms with Crippen LogP contribution in [0.1, 0.15) is 18.9 Å². The molecule has 1 aromatic carbocycles. The summed E-state index contributed by atoms with van der Waals surface area (Å²) in [5.41, 5.74) is 1.19. The number of hydrogen-bond donors (Lipinski definition) is 2. The highest BCUT2D eigenvalue weighted by atomic mass is 16.5. The number of rotatable bonds is 8. The number of amides is 1. The Morgan fingerprint density at radius 2 is 2.17 bits per heavy atom. The maximum atomic E-state index is 11.2. The first-order valence-electron chi connectivity index (χ1n) is 6.39. The molecule has 0 aromatic heterocycles. The molecule has 0 unspecified atom stereocenters. The molecule has 0 aliphatic rings. The van der Waals surface area contributed by atoms with E-state index < -0.39 is 0 Å². The van der Waals surface area contributed by atoms with Crippen molar-refractivity contribution in [2.24, 2.45) is 0 Å². The van der Waals surface area contributed by atoms with Gasteiger partial charge < -0.3 is 15.4 Å². The molecule has 18 heavy (non-hydrogen) atoms. The molecular weight excluding hydrogens is 228 g/mol. The quantitative estimate of drug-likeness (QED) is 0.687. The van der Waals surface area contributed by atoms with Gasteiger partial charge in [-0.05, 0) is 31.5 Å². The fourth-order valence-electron chi connectivity index (χ4n) is 1.56. The Bertz CT molecular complexity index is 367. The number of carbonyl (C=O) groups excluding carboxylic acids is 1. The van der Waals surface area contributed by atoms with Crippen molar-refractivity contribution in [1.82, 2.24) is 10.6 Å². The molecule has 0 heterocycles. The predicted molar refractivity (Wildman–Crippen MR) is 72.8 cm³/mol. The first-order chi connectivity index (χ1) is 8.72. The van der Waals surface area contributed by atoms with Gasteiger partial charge in [0.25, 0.3) is 0 Å². The first kappa shape index (κ1) is 14.5. The molecule has 0 aliphatic carbocycles. The Kier molecular flexibility index (Phi) is 6.87. The third-order valence-corrected chi connectivity index (χ3v) is 2.44.